The van der Waals surface area contributed by atoms with Crippen LogP contribution >= 0.6 is 0 Å². The summed E-state index contributed by atoms with van der Waals surface area (Å²) in [6, 6.07) is 3.66. The molecule has 2 N–H and O–H groups in total. The van der Waals surface area contributed by atoms with E-state index in [0.29, 0.717) is 53.8 Å². The van der Waals surface area contributed by atoms with Gasteiger partial charge in [0, 0.05) is 20.1 Å². The van der Waals surface area contributed by atoms with Gasteiger partial charge in [-0.25, -0.2) is 4.98 Å². The summed E-state index contributed by atoms with van der Waals surface area (Å²) < 4.78 is 36.8. The van der Waals surface area contributed by atoms with Gasteiger partial charge in [-0.1, -0.05) is 0 Å². The lowest BCUT2D eigenvalue weighted by Gasteiger charge is -2.14. The third-order valence-electron chi connectivity index (χ3n) is 4.28. The van der Waals surface area contributed by atoms with E-state index in [0.717, 1.165) is 5.56 Å². The van der Waals surface area contributed by atoms with E-state index in [1.807, 2.05) is 12.1 Å². The molecule has 0 radical (unpaired) electrons. The Balaban J connectivity index is 2.10. The zero-order valence-corrected chi connectivity index (χ0v) is 16.2. The molecule has 150 valence electrons. The molecule has 0 saturated heterocycles. The average Bonchev–Trinajstić information content (AvgIpc) is 3.02. The number of aromatic nitrogens is 4. The Bertz CT molecular complexity index is 967. The number of methoxy groups -OCH3 is 4. The molecule has 1 aromatic carbocycles. The summed E-state index contributed by atoms with van der Waals surface area (Å²) in [6.45, 7) is 0.835. The van der Waals surface area contributed by atoms with Crippen molar-refractivity contribution in [2.45, 2.75) is 13.0 Å². The lowest BCUT2D eigenvalue weighted by molar-refractivity contribution is 0.187. The van der Waals surface area contributed by atoms with Crippen LogP contribution < -0.4 is 19.9 Å². The van der Waals surface area contributed by atoms with Crippen molar-refractivity contribution in [1.29, 1.82) is 0 Å². The van der Waals surface area contributed by atoms with E-state index >= 15 is 0 Å². The Labute approximate surface area is 161 Å². The first kappa shape index (κ1) is 19.6. The third-order valence-corrected chi connectivity index (χ3v) is 4.28. The lowest BCUT2D eigenvalue weighted by Crippen LogP contribution is -2.10. The number of benzene rings is 1. The van der Waals surface area contributed by atoms with Crippen molar-refractivity contribution in [2.75, 3.05) is 40.8 Å². The Morgan fingerprint density at radius 3 is 2.25 bits per heavy atom. The van der Waals surface area contributed by atoms with Crippen molar-refractivity contribution in [3.8, 4) is 17.2 Å². The van der Waals surface area contributed by atoms with Crippen LogP contribution in [0.4, 0.5) is 10.2 Å². The number of anilines is 1. The normalized spacial score (nSPS) is 11.0. The molecule has 0 aliphatic carbocycles. The number of halogens is 1. The Kier molecular flexibility index (Phi) is 5.78. The second-order valence-electron chi connectivity index (χ2n) is 5.93. The molecule has 0 saturated carbocycles. The molecule has 2 heterocycles. The van der Waals surface area contributed by atoms with Crippen LogP contribution in [0.3, 0.4) is 0 Å². The van der Waals surface area contributed by atoms with Crippen LogP contribution in [0.15, 0.2) is 12.1 Å². The predicted octanol–water partition coefficient (Wildman–Crippen LogP) is 1.81. The lowest BCUT2D eigenvalue weighted by atomic mass is 10.1. The fraction of sp³-hybridized carbons (Fsp3) is 0.389. The maximum Gasteiger partial charge on any atom is 0.312 e. The molecule has 0 bridgehead atoms. The van der Waals surface area contributed by atoms with Gasteiger partial charge in [-0.2, -0.15) is 14.4 Å². The molecule has 0 aliphatic rings. The molecular weight excluding hydrogens is 369 g/mol. The van der Waals surface area contributed by atoms with E-state index in [2.05, 4.69) is 15.0 Å². The SMILES string of the molecule is COCCn1c(Cc2cc(OC)c(OC)c(OC)c2)nc2c(N)nc(F)nc21. The fourth-order valence-corrected chi connectivity index (χ4v) is 3.01. The number of nitrogens with two attached hydrogens (primary N) is 1. The van der Waals surface area contributed by atoms with Gasteiger partial charge >= 0.3 is 6.08 Å². The number of nitrogen functional groups attached to an aromatic ring is 1. The standard InChI is InChI=1S/C18H22FN5O4/c1-25-6-5-24-13(21-14-16(20)22-18(19)23-17(14)24)9-10-7-11(26-2)15(28-4)12(8-10)27-3/h7-8H,5-6,9H2,1-4H3,(H2,20,22,23). The Hall–Kier alpha value is -3.14. The number of ether oxygens (including phenoxy) is 4. The minimum Gasteiger partial charge on any atom is -0.493 e. The van der Waals surface area contributed by atoms with Crippen LogP contribution in [0, 0.1) is 6.08 Å². The quantitative estimate of drug-likeness (QED) is 0.580. The highest BCUT2D eigenvalue weighted by atomic mass is 19.1. The van der Waals surface area contributed by atoms with Crippen molar-refractivity contribution in [1.82, 2.24) is 19.5 Å². The first-order chi connectivity index (χ1) is 13.5. The maximum absolute atomic E-state index is 13.7. The van der Waals surface area contributed by atoms with Crippen LogP contribution in [-0.4, -0.2) is 54.6 Å². The smallest absolute Gasteiger partial charge is 0.312 e. The van der Waals surface area contributed by atoms with E-state index in [1.165, 1.54) is 0 Å². The van der Waals surface area contributed by atoms with Gasteiger partial charge in [-0.15, -0.1) is 0 Å². The summed E-state index contributed by atoms with van der Waals surface area (Å²) in [7, 11) is 6.23. The zero-order valence-electron chi connectivity index (χ0n) is 16.2. The van der Waals surface area contributed by atoms with Crippen LogP contribution in [-0.2, 0) is 17.7 Å². The summed E-state index contributed by atoms with van der Waals surface area (Å²) in [5.41, 5.74) is 7.36. The molecule has 10 heteroatoms. The summed E-state index contributed by atoms with van der Waals surface area (Å²) >= 11 is 0. The number of hydrogen-bond donors (Lipinski definition) is 1. The predicted molar refractivity (Wildman–Crippen MR) is 100 cm³/mol. The molecule has 2 aromatic heterocycles. The highest BCUT2D eigenvalue weighted by Gasteiger charge is 2.19. The first-order valence-corrected chi connectivity index (χ1v) is 8.48. The van der Waals surface area contributed by atoms with Gasteiger partial charge in [0.2, 0.25) is 5.75 Å². The van der Waals surface area contributed by atoms with Gasteiger partial charge in [0.1, 0.15) is 5.82 Å². The molecule has 0 atom stereocenters. The number of rotatable bonds is 8. The second kappa shape index (κ2) is 8.26. The van der Waals surface area contributed by atoms with Gasteiger partial charge in [0.05, 0.1) is 27.9 Å². The zero-order chi connectivity index (χ0) is 20.3. The minimum absolute atomic E-state index is 0.00944. The fourth-order valence-electron chi connectivity index (χ4n) is 3.01. The topological polar surface area (TPSA) is 107 Å². The molecule has 9 nitrogen and oxygen atoms in total. The van der Waals surface area contributed by atoms with Crippen LogP contribution in [0.1, 0.15) is 11.4 Å². The molecule has 0 spiro atoms. The molecule has 0 fully saturated rings. The van der Waals surface area contributed by atoms with E-state index in [1.54, 1.807) is 33.0 Å². The minimum atomic E-state index is -0.900. The Morgan fingerprint density at radius 1 is 1.00 bits per heavy atom. The third kappa shape index (κ3) is 3.63. The summed E-state index contributed by atoms with van der Waals surface area (Å²) in [5.74, 6) is 2.18. The van der Waals surface area contributed by atoms with Gasteiger partial charge in [-0.3, -0.25) is 0 Å². The summed E-state index contributed by atoms with van der Waals surface area (Å²) in [5, 5.41) is 0. The number of fused-ring (bicyclic) bond motifs is 1. The van der Waals surface area contributed by atoms with Crippen molar-refractivity contribution in [2.24, 2.45) is 0 Å². The Morgan fingerprint density at radius 2 is 1.68 bits per heavy atom. The van der Waals surface area contributed by atoms with Crippen molar-refractivity contribution in [3.05, 3.63) is 29.6 Å². The van der Waals surface area contributed by atoms with Gasteiger partial charge in [0.15, 0.2) is 28.5 Å². The molecule has 0 amide bonds. The van der Waals surface area contributed by atoms with Crippen molar-refractivity contribution >= 4 is 17.0 Å². The highest BCUT2D eigenvalue weighted by molar-refractivity contribution is 5.82. The van der Waals surface area contributed by atoms with Gasteiger partial charge < -0.3 is 29.2 Å². The number of nitrogens with zero attached hydrogens (tertiary/aromatic N) is 4. The van der Waals surface area contributed by atoms with Crippen molar-refractivity contribution < 1.29 is 23.3 Å². The van der Waals surface area contributed by atoms with E-state index in [-0.39, 0.29) is 5.82 Å². The van der Waals surface area contributed by atoms with Gasteiger partial charge in [-0.05, 0) is 17.7 Å². The average molecular weight is 391 g/mol. The molecule has 3 rings (SSSR count). The highest BCUT2D eigenvalue weighted by Crippen LogP contribution is 2.38. The van der Waals surface area contributed by atoms with Crippen LogP contribution in [0.25, 0.3) is 11.2 Å². The molecule has 0 unspecified atom stereocenters. The van der Waals surface area contributed by atoms with E-state index in [4.69, 9.17) is 24.7 Å². The molecule has 28 heavy (non-hydrogen) atoms. The van der Waals surface area contributed by atoms with Crippen LogP contribution in [0.2, 0.25) is 0 Å². The number of hydrogen-bond acceptors (Lipinski definition) is 8. The first-order valence-electron chi connectivity index (χ1n) is 8.48. The largest absolute Gasteiger partial charge is 0.493 e. The van der Waals surface area contributed by atoms with Gasteiger partial charge in [0.25, 0.3) is 0 Å². The molecule has 3 aromatic rings. The summed E-state index contributed by atoms with van der Waals surface area (Å²) in [6.07, 6.45) is -0.499. The summed E-state index contributed by atoms with van der Waals surface area (Å²) in [4.78, 5) is 12.0. The molecular formula is C18H22FN5O4. The van der Waals surface area contributed by atoms with E-state index in [9.17, 15) is 4.39 Å². The van der Waals surface area contributed by atoms with Crippen LogP contribution in [0.5, 0.6) is 17.2 Å². The monoisotopic (exact) mass is 391 g/mol. The van der Waals surface area contributed by atoms with Crippen molar-refractivity contribution in [3.63, 3.8) is 0 Å². The number of imidazole rings is 1. The maximum atomic E-state index is 13.7. The molecule has 0 aliphatic heterocycles. The second-order valence-corrected chi connectivity index (χ2v) is 5.93. The van der Waals surface area contributed by atoms with E-state index < -0.39 is 6.08 Å².